The van der Waals surface area contributed by atoms with Crippen molar-refractivity contribution in [3.8, 4) is 11.4 Å². The topological polar surface area (TPSA) is 59.2 Å². The molecule has 0 N–H and O–H groups in total. The maximum atomic E-state index is 14.0. The third kappa shape index (κ3) is 3.32. The highest BCUT2D eigenvalue weighted by Crippen LogP contribution is 2.34. The van der Waals surface area contributed by atoms with Crippen LogP contribution in [0.25, 0.3) is 11.4 Å². The highest BCUT2D eigenvalue weighted by Gasteiger charge is 2.36. The van der Waals surface area contributed by atoms with Crippen molar-refractivity contribution in [2.75, 3.05) is 0 Å². The van der Waals surface area contributed by atoms with E-state index >= 15 is 0 Å². The largest absolute Gasteiger partial charge is 0.337 e. The second-order valence-corrected chi connectivity index (χ2v) is 6.60. The Morgan fingerprint density at radius 2 is 1.85 bits per heavy atom. The molecule has 1 unspecified atom stereocenters. The van der Waals surface area contributed by atoms with Crippen molar-refractivity contribution >= 4 is 5.91 Å². The molecule has 0 saturated carbocycles. The number of benzene rings is 2. The fourth-order valence-electron chi connectivity index (χ4n) is 3.23. The Labute approximate surface area is 154 Å². The molecule has 7 heteroatoms. The number of carbonyl (C=O) groups excluding carboxylic acids is 1. The molecule has 1 amide bonds. The Balaban J connectivity index is 1.61. The molecule has 1 atom stereocenters. The average molecular weight is 369 g/mol. The predicted octanol–water partition coefficient (Wildman–Crippen LogP) is 4.19. The van der Waals surface area contributed by atoms with E-state index in [0.29, 0.717) is 12.2 Å². The molecule has 1 aliphatic rings. The highest BCUT2D eigenvalue weighted by atomic mass is 19.1. The molecular formula is C20H17F2N3O2. The molecule has 1 aliphatic heterocycles. The minimum absolute atomic E-state index is 0.143. The summed E-state index contributed by atoms with van der Waals surface area (Å²) in [6.45, 7) is 1.81. The number of aryl methyl sites for hydroxylation is 1. The lowest BCUT2D eigenvalue weighted by Crippen LogP contribution is -2.28. The van der Waals surface area contributed by atoms with E-state index in [2.05, 4.69) is 10.1 Å². The molecule has 0 aliphatic carbocycles. The minimum Gasteiger partial charge on any atom is -0.337 e. The molecule has 4 rings (SSSR count). The van der Waals surface area contributed by atoms with Gasteiger partial charge >= 0.3 is 0 Å². The summed E-state index contributed by atoms with van der Waals surface area (Å²) in [5.41, 5.74) is 1.77. The van der Waals surface area contributed by atoms with Crippen LogP contribution >= 0.6 is 0 Å². The summed E-state index contributed by atoms with van der Waals surface area (Å²) in [5, 5.41) is 3.99. The second-order valence-electron chi connectivity index (χ2n) is 6.60. The smallest absolute Gasteiger partial charge is 0.249 e. The van der Waals surface area contributed by atoms with Gasteiger partial charge in [-0.3, -0.25) is 4.79 Å². The molecule has 27 heavy (non-hydrogen) atoms. The summed E-state index contributed by atoms with van der Waals surface area (Å²) in [6.07, 6.45) is 0.730. The predicted molar refractivity (Wildman–Crippen MR) is 93.4 cm³/mol. The van der Waals surface area contributed by atoms with Crippen LogP contribution in [0.2, 0.25) is 0 Å². The summed E-state index contributed by atoms with van der Waals surface area (Å²) in [5.74, 6) is -0.870. The zero-order chi connectivity index (χ0) is 19.0. The van der Waals surface area contributed by atoms with Gasteiger partial charge in [-0.25, -0.2) is 8.78 Å². The van der Waals surface area contributed by atoms with Crippen LogP contribution in [-0.2, 0) is 11.3 Å². The van der Waals surface area contributed by atoms with Gasteiger partial charge in [0, 0.05) is 17.5 Å². The third-order valence-corrected chi connectivity index (χ3v) is 4.75. The molecule has 5 nitrogen and oxygen atoms in total. The summed E-state index contributed by atoms with van der Waals surface area (Å²) < 4.78 is 33.3. The molecular weight excluding hydrogens is 352 g/mol. The van der Waals surface area contributed by atoms with Gasteiger partial charge in [-0.05, 0) is 25.5 Å². The van der Waals surface area contributed by atoms with Gasteiger partial charge < -0.3 is 9.42 Å². The molecule has 1 fully saturated rings. The molecule has 2 aromatic carbocycles. The maximum Gasteiger partial charge on any atom is 0.249 e. The number of aromatic nitrogens is 2. The summed E-state index contributed by atoms with van der Waals surface area (Å²) >= 11 is 0. The number of nitrogens with zero attached hydrogens (tertiary/aromatic N) is 3. The fourth-order valence-corrected chi connectivity index (χ4v) is 3.23. The average Bonchev–Trinajstić information content (AvgIpc) is 3.26. The van der Waals surface area contributed by atoms with Crippen molar-refractivity contribution in [3.63, 3.8) is 0 Å². The van der Waals surface area contributed by atoms with E-state index in [0.717, 1.165) is 11.1 Å². The first-order valence-corrected chi connectivity index (χ1v) is 8.66. The van der Waals surface area contributed by atoms with E-state index in [9.17, 15) is 13.6 Å². The Morgan fingerprint density at radius 3 is 2.56 bits per heavy atom. The summed E-state index contributed by atoms with van der Waals surface area (Å²) in [7, 11) is 0. The molecule has 1 saturated heterocycles. The molecule has 138 valence electrons. The van der Waals surface area contributed by atoms with Crippen molar-refractivity contribution < 1.29 is 18.1 Å². The lowest BCUT2D eigenvalue weighted by molar-refractivity contribution is -0.130. The van der Waals surface area contributed by atoms with E-state index in [1.54, 1.807) is 0 Å². The summed E-state index contributed by atoms with van der Waals surface area (Å²) in [4.78, 5) is 18.1. The molecule has 2 heterocycles. The fraction of sp³-hybridized carbons (Fsp3) is 0.250. The standard InChI is InChI=1S/C20H17F2N3O2/c1-12-5-7-13(8-6-12)19-23-20(27-24-19)17-9-10-18(26)25(17)11-14-15(21)3-2-4-16(14)22/h2-8,17H,9-11H2,1H3. The van der Waals surface area contributed by atoms with Crippen LogP contribution in [0.5, 0.6) is 0 Å². The lowest BCUT2D eigenvalue weighted by atomic mass is 10.1. The van der Waals surface area contributed by atoms with Crippen molar-refractivity contribution in [1.29, 1.82) is 0 Å². The third-order valence-electron chi connectivity index (χ3n) is 4.75. The SMILES string of the molecule is Cc1ccc(-c2noc(C3CCC(=O)N3Cc3c(F)cccc3F)n2)cc1. The van der Waals surface area contributed by atoms with Crippen LogP contribution in [-0.4, -0.2) is 20.9 Å². The van der Waals surface area contributed by atoms with E-state index < -0.39 is 17.7 Å². The monoisotopic (exact) mass is 369 g/mol. The van der Waals surface area contributed by atoms with E-state index in [4.69, 9.17) is 4.52 Å². The quantitative estimate of drug-likeness (QED) is 0.692. The van der Waals surface area contributed by atoms with Crippen LogP contribution < -0.4 is 0 Å². The minimum atomic E-state index is -0.681. The first kappa shape index (κ1) is 17.3. The second kappa shape index (κ2) is 6.90. The van der Waals surface area contributed by atoms with Gasteiger partial charge in [0.15, 0.2) is 0 Å². The normalized spacial score (nSPS) is 16.9. The molecule has 3 aromatic rings. The van der Waals surface area contributed by atoms with Gasteiger partial charge in [0.2, 0.25) is 17.6 Å². The van der Waals surface area contributed by atoms with E-state index in [1.165, 1.54) is 23.1 Å². The summed E-state index contributed by atoms with van der Waals surface area (Å²) in [6, 6.07) is 10.8. The molecule has 0 radical (unpaired) electrons. The van der Waals surface area contributed by atoms with Crippen LogP contribution in [0.4, 0.5) is 8.78 Å². The number of halogens is 2. The van der Waals surface area contributed by atoms with Crippen LogP contribution in [0.3, 0.4) is 0 Å². The number of rotatable bonds is 4. The van der Waals surface area contributed by atoms with Gasteiger partial charge in [0.1, 0.15) is 17.7 Å². The zero-order valence-corrected chi connectivity index (χ0v) is 14.7. The van der Waals surface area contributed by atoms with Crippen LogP contribution in [0.1, 0.15) is 35.9 Å². The first-order valence-electron chi connectivity index (χ1n) is 8.66. The molecule has 0 bridgehead atoms. The Morgan fingerprint density at radius 1 is 1.15 bits per heavy atom. The number of hydrogen-bond acceptors (Lipinski definition) is 4. The first-order chi connectivity index (χ1) is 13.0. The lowest BCUT2D eigenvalue weighted by Gasteiger charge is -2.22. The number of likely N-dealkylation sites (tertiary alicyclic amines) is 1. The van der Waals surface area contributed by atoms with Crippen molar-refractivity contribution in [2.24, 2.45) is 0 Å². The zero-order valence-electron chi connectivity index (χ0n) is 14.7. The Kier molecular flexibility index (Phi) is 4.43. The number of amides is 1. The van der Waals surface area contributed by atoms with Gasteiger partial charge in [-0.1, -0.05) is 41.1 Å². The molecule has 0 spiro atoms. The van der Waals surface area contributed by atoms with E-state index in [-0.39, 0.29) is 30.3 Å². The Hall–Kier alpha value is -3.09. The van der Waals surface area contributed by atoms with Crippen LogP contribution in [0, 0.1) is 18.6 Å². The van der Waals surface area contributed by atoms with Gasteiger partial charge in [-0.15, -0.1) is 0 Å². The Bertz CT molecular complexity index is 965. The van der Waals surface area contributed by atoms with Gasteiger partial charge in [-0.2, -0.15) is 4.98 Å². The van der Waals surface area contributed by atoms with E-state index in [1.807, 2.05) is 31.2 Å². The number of carbonyl (C=O) groups is 1. The highest BCUT2D eigenvalue weighted by molar-refractivity contribution is 5.78. The number of hydrogen-bond donors (Lipinski definition) is 0. The van der Waals surface area contributed by atoms with Gasteiger partial charge in [0.25, 0.3) is 0 Å². The maximum absolute atomic E-state index is 14.0. The molecule has 1 aromatic heterocycles. The van der Waals surface area contributed by atoms with Gasteiger partial charge in [0.05, 0.1) is 6.54 Å². The van der Waals surface area contributed by atoms with Crippen molar-refractivity contribution in [3.05, 3.63) is 71.1 Å². The van der Waals surface area contributed by atoms with Crippen molar-refractivity contribution in [2.45, 2.75) is 32.4 Å². The van der Waals surface area contributed by atoms with Crippen molar-refractivity contribution in [1.82, 2.24) is 15.0 Å². The van der Waals surface area contributed by atoms with Crippen LogP contribution in [0.15, 0.2) is 47.0 Å².